The van der Waals surface area contributed by atoms with Crippen LogP contribution >= 0.6 is 7.79 Å². The van der Waals surface area contributed by atoms with Crippen LogP contribution in [0.15, 0.2) is 72.1 Å². The number of anilines is 2. The molecule has 5 nitrogen and oxygen atoms in total. The van der Waals surface area contributed by atoms with E-state index in [9.17, 15) is 14.8 Å². The summed E-state index contributed by atoms with van der Waals surface area (Å²) in [6.45, 7) is 3.28. The monoisotopic (exact) mass is 372 g/mol. The van der Waals surface area contributed by atoms with Gasteiger partial charge in [0.15, 0.2) is 0 Å². The van der Waals surface area contributed by atoms with Gasteiger partial charge in [0.2, 0.25) is 0 Å². The van der Waals surface area contributed by atoms with Gasteiger partial charge in [-0.3, -0.25) is 0 Å². The van der Waals surface area contributed by atoms with Crippen LogP contribution < -0.4 is 9.34 Å². The van der Waals surface area contributed by atoms with Gasteiger partial charge in [0.1, 0.15) is 0 Å². The Bertz CT molecular complexity index is 733. The first-order valence-corrected chi connectivity index (χ1v) is 10.7. The van der Waals surface area contributed by atoms with Crippen molar-refractivity contribution in [2.24, 2.45) is 0 Å². The van der Waals surface area contributed by atoms with E-state index in [4.69, 9.17) is 0 Å². The predicted octanol–water partition coefficient (Wildman–Crippen LogP) is 4.27. The maximum absolute atomic E-state index is 12.0. The van der Waals surface area contributed by atoms with Crippen LogP contribution in [0.3, 0.4) is 0 Å². The van der Waals surface area contributed by atoms with Crippen molar-refractivity contribution < 1.29 is 14.8 Å². The second-order valence-corrected chi connectivity index (χ2v) is 9.31. The number of carboxylic acids is 1. The average Bonchev–Trinajstić information content (AvgIpc) is 3.01. The number of benzene rings is 2. The number of aliphatic carboxylic acids is 1. The second kappa shape index (κ2) is 7.90. The summed E-state index contributed by atoms with van der Waals surface area (Å²) in [5, 5.41) is 10.1. The van der Waals surface area contributed by atoms with Gasteiger partial charge in [-0.05, 0) is 0 Å². The molecular formula is C20H25N2O3P. The molecular weight excluding hydrogens is 347 g/mol. The fourth-order valence-electron chi connectivity index (χ4n) is 3.58. The van der Waals surface area contributed by atoms with E-state index in [0.717, 1.165) is 11.4 Å². The Kier molecular flexibility index (Phi) is 5.60. The molecule has 0 radical (unpaired) electrons. The first-order valence-electron chi connectivity index (χ1n) is 8.86. The van der Waals surface area contributed by atoms with Gasteiger partial charge in [0.25, 0.3) is 0 Å². The number of carbonyl (C=O) groups is 1. The molecule has 0 spiro atoms. The molecule has 0 saturated carbocycles. The van der Waals surface area contributed by atoms with E-state index >= 15 is 0 Å². The van der Waals surface area contributed by atoms with Crippen LogP contribution in [0, 0.1) is 0 Å². The Morgan fingerprint density at radius 3 is 1.85 bits per heavy atom. The number of nitrogens with zero attached hydrogens (tertiary/aromatic N) is 2. The molecule has 3 rings (SSSR count). The van der Waals surface area contributed by atoms with E-state index in [1.807, 2.05) is 83.0 Å². The Labute approximate surface area is 154 Å². The van der Waals surface area contributed by atoms with Gasteiger partial charge in [0.05, 0.1) is 0 Å². The number of allylic oxidation sites excluding steroid dienone is 1. The first-order chi connectivity index (χ1) is 12.6. The van der Waals surface area contributed by atoms with Crippen LogP contribution in [-0.2, 0) is 4.79 Å². The van der Waals surface area contributed by atoms with E-state index in [2.05, 4.69) is 0 Å². The summed E-state index contributed by atoms with van der Waals surface area (Å²) in [6, 6.07) is 19.5. The third-order valence-electron chi connectivity index (χ3n) is 4.66. The molecule has 6 heteroatoms. The molecule has 0 bridgehead atoms. The van der Waals surface area contributed by atoms with Crippen molar-refractivity contribution in [3.05, 3.63) is 72.1 Å². The number of rotatable bonds is 6. The number of hydrogen-bond acceptors (Lipinski definition) is 4. The summed E-state index contributed by atoms with van der Waals surface area (Å²) < 4.78 is 4.04. The van der Waals surface area contributed by atoms with Gasteiger partial charge in [-0.2, -0.15) is 0 Å². The Morgan fingerprint density at radius 1 is 1.00 bits per heavy atom. The minimum atomic E-state index is -3.39. The zero-order valence-corrected chi connectivity index (χ0v) is 15.9. The van der Waals surface area contributed by atoms with Gasteiger partial charge in [-0.15, -0.1) is 0 Å². The van der Waals surface area contributed by atoms with Crippen molar-refractivity contribution in [3.8, 4) is 0 Å². The van der Waals surface area contributed by atoms with Crippen LogP contribution in [0.25, 0.3) is 0 Å². The molecule has 0 amide bonds. The number of hydrogen-bond donors (Lipinski definition) is 2. The molecule has 0 atom stereocenters. The van der Waals surface area contributed by atoms with E-state index in [0.29, 0.717) is 24.8 Å². The van der Waals surface area contributed by atoms with Crippen molar-refractivity contribution in [3.63, 3.8) is 0 Å². The SMILES string of the molecule is CCC=C(CC(=O)O)[PH]1(O)N(c2ccccc2)CCN1c1ccccc1. The molecule has 1 aliphatic rings. The number of carboxylic acid groups (broad SMARTS) is 1. The summed E-state index contributed by atoms with van der Waals surface area (Å²) in [5.41, 5.74) is 1.85. The van der Waals surface area contributed by atoms with Gasteiger partial charge in [-0.25, -0.2) is 0 Å². The molecule has 0 aromatic heterocycles. The van der Waals surface area contributed by atoms with Gasteiger partial charge < -0.3 is 0 Å². The molecule has 1 aliphatic heterocycles. The van der Waals surface area contributed by atoms with E-state index in [1.54, 1.807) is 0 Å². The van der Waals surface area contributed by atoms with Crippen molar-refractivity contribution >= 4 is 25.1 Å². The van der Waals surface area contributed by atoms with Crippen LogP contribution in [0.5, 0.6) is 0 Å². The van der Waals surface area contributed by atoms with Crippen LogP contribution in [0.4, 0.5) is 11.4 Å². The van der Waals surface area contributed by atoms with E-state index in [1.165, 1.54) is 0 Å². The summed E-state index contributed by atoms with van der Waals surface area (Å²) in [5.74, 6) is -0.918. The van der Waals surface area contributed by atoms with E-state index < -0.39 is 13.8 Å². The molecule has 2 N–H and O–H groups in total. The van der Waals surface area contributed by atoms with Gasteiger partial charge in [-0.1, -0.05) is 0 Å². The molecule has 138 valence electrons. The molecule has 0 aliphatic carbocycles. The molecule has 1 fully saturated rings. The third kappa shape index (κ3) is 3.46. The maximum atomic E-state index is 12.0. The molecule has 2 aromatic carbocycles. The standard InChI is InChI=1S/C20H25N2O3P/c1-2-9-19(16-20(23)24)26(25)21(17-10-5-3-6-11-17)14-15-22(26)18-12-7-4-8-13-18/h3-13,25-26H,2,14-16H2,1H3,(H,23,24). The zero-order valence-electron chi connectivity index (χ0n) is 14.9. The Hall–Kier alpha value is -2.36. The minimum absolute atomic E-state index is 0.150. The summed E-state index contributed by atoms with van der Waals surface area (Å²) in [7, 11) is -3.39. The molecule has 26 heavy (non-hydrogen) atoms. The normalized spacial score (nSPS) is 18.0. The zero-order chi connectivity index (χ0) is 18.6. The van der Waals surface area contributed by atoms with Gasteiger partial charge in [0, 0.05) is 0 Å². The summed E-state index contributed by atoms with van der Waals surface area (Å²) in [4.78, 5) is 23.5. The van der Waals surface area contributed by atoms with Crippen molar-refractivity contribution in [2.75, 3.05) is 22.4 Å². The van der Waals surface area contributed by atoms with Crippen molar-refractivity contribution in [2.45, 2.75) is 19.8 Å². The van der Waals surface area contributed by atoms with Gasteiger partial charge >= 0.3 is 154 Å². The molecule has 1 heterocycles. The second-order valence-electron chi connectivity index (χ2n) is 6.32. The van der Waals surface area contributed by atoms with Crippen molar-refractivity contribution in [1.82, 2.24) is 0 Å². The Balaban J connectivity index is 2.12. The molecule has 2 aromatic rings. The van der Waals surface area contributed by atoms with E-state index in [-0.39, 0.29) is 6.42 Å². The fourth-order valence-corrected chi connectivity index (χ4v) is 7.27. The Morgan fingerprint density at radius 2 is 1.46 bits per heavy atom. The molecule has 1 saturated heterocycles. The fraction of sp³-hybridized carbons (Fsp3) is 0.250. The van der Waals surface area contributed by atoms with Crippen LogP contribution in [0.1, 0.15) is 19.8 Å². The average molecular weight is 372 g/mol. The van der Waals surface area contributed by atoms with Crippen LogP contribution in [0.2, 0.25) is 0 Å². The predicted molar refractivity (Wildman–Crippen MR) is 109 cm³/mol. The van der Waals surface area contributed by atoms with Crippen molar-refractivity contribution in [1.29, 1.82) is 0 Å². The summed E-state index contributed by atoms with van der Waals surface area (Å²) in [6.07, 6.45) is 2.42. The quantitative estimate of drug-likeness (QED) is 0.742. The number of para-hydroxylation sites is 2. The first kappa shape index (κ1) is 18.4. The summed E-state index contributed by atoms with van der Waals surface area (Å²) >= 11 is 0. The van der Waals surface area contributed by atoms with Crippen LogP contribution in [-0.4, -0.2) is 29.1 Å². The molecule has 0 unspecified atom stereocenters. The third-order valence-corrected chi connectivity index (χ3v) is 8.37. The topological polar surface area (TPSA) is 64.0 Å².